The molecule has 1 heteroatoms. The van der Waals surface area contributed by atoms with Crippen LogP contribution in [0.2, 0.25) is 0 Å². The molecule has 0 saturated heterocycles. The van der Waals surface area contributed by atoms with Crippen LogP contribution in [0.5, 0.6) is 0 Å². The Balaban J connectivity index is 1.20. The molecule has 0 spiro atoms. The molecule has 0 radical (unpaired) electrons. The van der Waals surface area contributed by atoms with Crippen molar-refractivity contribution in [2.24, 2.45) is 0 Å². The van der Waals surface area contributed by atoms with Gasteiger partial charge < -0.3 is 4.57 Å². The van der Waals surface area contributed by atoms with Crippen LogP contribution < -0.4 is 0 Å². The van der Waals surface area contributed by atoms with Gasteiger partial charge in [0, 0.05) is 27.8 Å². The van der Waals surface area contributed by atoms with Crippen molar-refractivity contribution < 1.29 is 0 Å². The molecule has 11 rings (SSSR count). The molecule has 1 atom stereocenters. The first-order valence-electron chi connectivity index (χ1n) is 17.1. The van der Waals surface area contributed by atoms with Gasteiger partial charge in [0.05, 0.1) is 11.0 Å². The predicted molar refractivity (Wildman–Crippen MR) is 202 cm³/mol. The third kappa shape index (κ3) is 3.35. The second-order valence-corrected chi connectivity index (χ2v) is 13.6. The molecule has 1 aromatic heterocycles. The Labute approximate surface area is 279 Å². The maximum atomic E-state index is 2.54. The number of aromatic nitrogens is 1. The Kier molecular flexibility index (Phi) is 5.21. The van der Waals surface area contributed by atoms with Crippen LogP contribution in [-0.4, -0.2) is 4.57 Å². The fourth-order valence-corrected chi connectivity index (χ4v) is 9.29. The van der Waals surface area contributed by atoms with E-state index in [1.54, 1.807) is 0 Å². The van der Waals surface area contributed by atoms with E-state index in [1.807, 2.05) is 0 Å². The van der Waals surface area contributed by atoms with Crippen molar-refractivity contribution >= 4 is 43.4 Å². The van der Waals surface area contributed by atoms with Crippen LogP contribution in [0, 0.1) is 0 Å². The number of nitrogens with zero attached hydrogens (tertiary/aromatic N) is 1. The second-order valence-electron chi connectivity index (χ2n) is 13.6. The van der Waals surface area contributed by atoms with E-state index < -0.39 is 0 Å². The summed E-state index contributed by atoms with van der Waals surface area (Å²) in [4.78, 5) is 0. The van der Waals surface area contributed by atoms with Crippen molar-refractivity contribution in [2.75, 3.05) is 0 Å². The number of para-hydroxylation sites is 1. The molecule has 0 bridgehead atoms. The maximum absolute atomic E-state index is 2.54. The average molecular weight is 610 g/mol. The van der Waals surface area contributed by atoms with E-state index in [2.05, 4.69) is 163 Å². The summed E-state index contributed by atoms with van der Waals surface area (Å²) >= 11 is 0. The summed E-state index contributed by atoms with van der Waals surface area (Å²) in [6.45, 7) is 2.41. The molecule has 0 aliphatic heterocycles. The first kappa shape index (κ1) is 26.2. The van der Waals surface area contributed by atoms with Crippen LogP contribution in [0.4, 0.5) is 0 Å². The van der Waals surface area contributed by atoms with Crippen LogP contribution in [-0.2, 0) is 6.42 Å². The lowest BCUT2D eigenvalue weighted by atomic mass is 9.75. The van der Waals surface area contributed by atoms with E-state index in [1.165, 1.54) is 105 Å². The summed E-state index contributed by atoms with van der Waals surface area (Å²) < 4.78 is 2.54. The van der Waals surface area contributed by atoms with Crippen molar-refractivity contribution in [3.63, 3.8) is 0 Å². The number of hydrogen-bond acceptors (Lipinski definition) is 0. The van der Waals surface area contributed by atoms with Crippen molar-refractivity contribution in [3.8, 4) is 39.1 Å². The Morgan fingerprint density at radius 2 is 1.15 bits per heavy atom. The summed E-state index contributed by atoms with van der Waals surface area (Å²) in [6, 6.07) is 56.7. The Bertz CT molecular complexity index is 2800. The van der Waals surface area contributed by atoms with E-state index >= 15 is 0 Å². The van der Waals surface area contributed by atoms with Gasteiger partial charge in [0.1, 0.15) is 0 Å². The Hall–Kier alpha value is -5.92. The van der Waals surface area contributed by atoms with Crippen LogP contribution in [0.15, 0.2) is 152 Å². The first-order valence-corrected chi connectivity index (χ1v) is 17.1. The molecule has 2 aliphatic carbocycles. The highest BCUT2D eigenvalue weighted by Gasteiger charge is 2.30. The smallest absolute Gasteiger partial charge is 0.0622 e. The van der Waals surface area contributed by atoms with Gasteiger partial charge in [0.2, 0.25) is 0 Å². The van der Waals surface area contributed by atoms with Gasteiger partial charge in [-0.2, -0.15) is 0 Å². The molecule has 0 amide bonds. The standard InChI is InChI=1S/C47H31N/c1-28-32-15-3-2-12-30(32)27-42-36-18-6-7-19-40(36)47-46(44(28)42)41-20-8-9-23-43(41)48(47)31-14-10-13-29(26-31)33-24-25-39-35-17-5-4-16-34(35)38-22-11-21-37(33)45(38)39/h2-26,28H,27H2,1H3. The fraction of sp³-hybridized carbons (Fsp3) is 0.0638. The molecule has 1 nitrogen and oxygen atoms in total. The van der Waals surface area contributed by atoms with Crippen LogP contribution in [0.3, 0.4) is 0 Å². The van der Waals surface area contributed by atoms with Gasteiger partial charge in [-0.25, -0.2) is 0 Å². The minimum atomic E-state index is 0.306. The van der Waals surface area contributed by atoms with Crippen molar-refractivity contribution in [1.82, 2.24) is 4.57 Å². The summed E-state index contributed by atoms with van der Waals surface area (Å²) in [6.07, 6.45) is 0.968. The molecule has 0 saturated carbocycles. The highest BCUT2D eigenvalue weighted by Crippen LogP contribution is 2.51. The molecular formula is C47H31N. The van der Waals surface area contributed by atoms with Crippen molar-refractivity contribution in [3.05, 3.63) is 174 Å². The second kappa shape index (κ2) is 9.56. The van der Waals surface area contributed by atoms with Gasteiger partial charge in [-0.1, -0.05) is 140 Å². The third-order valence-electron chi connectivity index (χ3n) is 11.3. The van der Waals surface area contributed by atoms with Gasteiger partial charge in [-0.15, -0.1) is 0 Å². The molecule has 1 heterocycles. The average Bonchev–Trinajstić information content (AvgIpc) is 3.67. The van der Waals surface area contributed by atoms with E-state index in [-0.39, 0.29) is 0 Å². The zero-order valence-electron chi connectivity index (χ0n) is 26.7. The van der Waals surface area contributed by atoms with Gasteiger partial charge in [-0.05, 0) is 96.4 Å². The van der Waals surface area contributed by atoms with Gasteiger partial charge in [0.25, 0.3) is 0 Å². The zero-order valence-corrected chi connectivity index (χ0v) is 26.7. The lowest BCUT2D eigenvalue weighted by molar-refractivity contribution is 0.861. The summed E-state index contributed by atoms with van der Waals surface area (Å²) in [5, 5.41) is 8.10. The maximum Gasteiger partial charge on any atom is 0.0622 e. The zero-order chi connectivity index (χ0) is 31.5. The fourth-order valence-electron chi connectivity index (χ4n) is 9.29. The number of fused-ring (bicyclic) bond motifs is 12. The van der Waals surface area contributed by atoms with E-state index in [4.69, 9.17) is 0 Å². The Morgan fingerprint density at radius 1 is 0.500 bits per heavy atom. The minimum Gasteiger partial charge on any atom is -0.309 e. The van der Waals surface area contributed by atoms with E-state index in [9.17, 15) is 0 Å². The quantitative estimate of drug-likeness (QED) is 0.184. The molecule has 0 fully saturated rings. The van der Waals surface area contributed by atoms with Crippen LogP contribution >= 0.6 is 0 Å². The predicted octanol–water partition coefficient (Wildman–Crippen LogP) is 12.5. The lowest BCUT2D eigenvalue weighted by Gasteiger charge is -2.28. The summed E-state index contributed by atoms with van der Waals surface area (Å²) in [7, 11) is 0. The van der Waals surface area contributed by atoms with Crippen LogP contribution in [0.1, 0.15) is 35.1 Å². The highest BCUT2D eigenvalue weighted by molar-refractivity contribution is 6.22. The van der Waals surface area contributed by atoms with Crippen molar-refractivity contribution in [1.29, 1.82) is 0 Å². The number of hydrogen-bond donors (Lipinski definition) is 0. The van der Waals surface area contributed by atoms with Gasteiger partial charge >= 0.3 is 0 Å². The number of benzene rings is 8. The largest absolute Gasteiger partial charge is 0.309 e. The van der Waals surface area contributed by atoms with Crippen molar-refractivity contribution in [2.45, 2.75) is 19.3 Å². The Morgan fingerprint density at radius 3 is 2.02 bits per heavy atom. The van der Waals surface area contributed by atoms with E-state index in [0.29, 0.717) is 5.92 Å². The summed E-state index contributed by atoms with van der Waals surface area (Å²) in [5.74, 6) is 0.306. The van der Waals surface area contributed by atoms with E-state index in [0.717, 1.165) is 6.42 Å². The lowest BCUT2D eigenvalue weighted by Crippen LogP contribution is -2.12. The highest BCUT2D eigenvalue weighted by atomic mass is 15.0. The first-order chi connectivity index (χ1) is 23.8. The molecule has 8 aromatic carbocycles. The van der Waals surface area contributed by atoms with Gasteiger partial charge in [0.15, 0.2) is 0 Å². The number of rotatable bonds is 2. The molecular weight excluding hydrogens is 579 g/mol. The normalized spacial score (nSPS) is 14.5. The molecule has 48 heavy (non-hydrogen) atoms. The SMILES string of the molecule is CC1c2ccccc2Cc2c1c1c3ccccc3n(-c3cccc(-c4ccc5c6c(cccc46)-c4ccccc4-5)c3)c1c1ccccc21. The minimum absolute atomic E-state index is 0.306. The third-order valence-corrected chi connectivity index (χ3v) is 11.3. The van der Waals surface area contributed by atoms with Crippen LogP contribution in [0.25, 0.3) is 82.4 Å². The molecule has 0 N–H and O–H groups in total. The van der Waals surface area contributed by atoms with Gasteiger partial charge in [-0.3, -0.25) is 0 Å². The topological polar surface area (TPSA) is 4.93 Å². The molecule has 2 aliphatic rings. The summed E-state index contributed by atoms with van der Waals surface area (Å²) in [5.41, 5.74) is 17.5. The molecule has 224 valence electrons. The molecule has 1 unspecified atom stereocenters. The monoisotopic (exact) mass is 609 g/mol. The molecule has 9 aromatic rings.